The predicted octanol–water partition coefficient (Wildman–Crippen LogP) is 10.2. The number of nitrogens with one attached hydrogen (secondary N) is 1. The topological polar surface area (TPSA) is 12.0 Å². The highest BCUT2D eigenvalue weighted by Gasteiger charge is 2.42. The van der Waals surface area contributed by atoms with Gasteiger partial charge in [-0.1, -0.05) is 136 Å². The highest BCUT2D eigenvalue weighted by atomic mass is 14.9. The molecule has 0 saturated carbocycles. The van der Waals surface area contributed by atoms with Crippen molar-refractivity contribution in [2.24, 2.45) is 5.41 Å². The van der Waals surface area contributed by atoms with E-state index in [0.29, 0.717) is 5.41 Å². The van der Waals surface area contributed by atoms with Gasteiger partial charge in [0.25, 0.3) is 0 Å². The molecule has 30 heavy (non-hydrogen) atoms. The van der Waals surface area contributed by atoms with Gasteiger partial charge in [-0.15, -0.1) is 0 Å². The van der Waals surface area contributed by atoms with E-state index in [1.807, 2.05) is 0 Å². The molecule has 0 radical (unpaired) electrons. The third-order valence-electron chi connectivity index (χ3n) is 7.98. The maximum Gasteiger partial charge on any atom is 0.0178 e. The Kier molecular flexibility index (Phi) is 19.6. The van der Waals surface area contributed by atoms with Crippen molar-refractivity contribution in [2.45, 2.75) is 175 Å². The molecule has 0 aliphatic heterocycles. The first kappa shape index (κ1) is 30.0. The van der Waals surface area contributed by atoms with Crippen molar-refractivity contribution in [3.63, 3.8) is 0 Å². The van der Waals surface area contributed by atoms with Crippen molar-refractivity contribution in [2.75, 3.05) is 7.05 Å². The Bertz CT molecular complexity index is 305. The van der Waals surface area contributed by atoms with Gasteiger partial charge in [0.1, 0.15) is 0 Å². The fourth-order valence-corrected chi connectivity index (χ4v) is 5.31. The summed E-state index contributed by atoms with van der Waals surface area (Å²) in [5, 5.41) is 3.77. The van der Waals surface area contributed by atoms with Crippen molar-refractivity contribution >= 4 is 0 Å². The minimum absolute atomic E-state index is 0.239. The SMILES string of the molecule is CCCCCCCCC(CCCCCCCC)(CCCCCCCC)C(C)(C)NC. The van der Waals surface area contributed by atoms with Crippen molar-refractivity contribution in [1.82, 2.24) is 5.32 Å². The Labute approximate surface area is 193 Å². The van der Waals surface area contributed by atoms with Crippen LogP contribution in [0.4, 0.5) is 0 Å². The van der Waals surface area contributed by atoms with Crippen LogP contribution in [0.2, 0.25) is 0 Å². The Balaban J connectivity index is 4.85. The van der Waals surface area contributed by atoms with E-state index in [0.717, 1.165) is 0 Å². The van der Waals surface area contributed by atoms with Crippen LogP contribution in [-0.4, -0.2) is 12.6 Å². The molecule has 1 nitrogen and oxygen atoms in total. The van der Waals surface area contributed by atoms with Gasteiger partial charge < -0.3 is 5.32 Å². The van der Waals surface area contributed by atoms with Gasteiger partial charge in [-0.3, -0.25) is 0 Å². The summed E-state index contributed by atoms with van der Waals surface area (Å²) in [6, 6.07) is 0. The summed E-state index contributed by atoms with van der Waals surface area (Å²) in [4.78, 5) is 0. The van der Waals surface area contributed by atoms with E-state index in [9.17, 15) is 0 Å². The second-order valence-electron chi connectivity index (χ2n) is 10.7. The largest absolute Gasteiger partial charge is 0.314 e. The van der Waals surface area contributed by atoms with Crippen LogP contribution < -0.4 is 5.32 Å². The van der Waals surface area contributed by atoms with E-state index in [2.05, 4.69) is 47.0 Å². The lowest BCUT2D eigenvalue weighted by Gasteiger charge is -2.48. The molecule has 0 bridgehead atoms. The van der Waals surface area contributed by atoms with Crippen LogP contribution in [0, 0.1) is 5.41 Å². The average Bonchev–Trinajstić information content (AvgIpc) is 2.74. The molecule has 0 aromatic rings. The molecule has 182 valence electrons. The monoisotopic (exact) mass is 423 g/mol. The first-order valence-corrected chi connectivity index (χ1v) is 14.2. The summed E-state index contributed by atoms with van der Waals surface area (Å²) < 4.78 is 0. The molecule has 0 aromatic carbocycles. The Morgan fingerprint density at radius 1 is 0.433 bits per heavy atom. The van der Waals surface area contributed by atoms with Gasteiger partial charge in [0.05, 0.1) is 0 Å². The normalized spacial score (nSPS) is 12.6. The lowest BCUT2D eigenvalue weighted by Crippen LogP contribution is -2.52. The van der Waals surface area contributed by atoms with Crippen LogP contribution in [0.5, 0.6) is 0 Å². The zero-order valence-corrected chi connectivity index (χ0v) is 22.3. The van der Waals surface area contributed by atoms with Crippen LogP contribution >= 0.6 is 0 Å². The van der Waals surface area contributed by atoms with Crippen LogP contribution in [-0.2, 0) is 0 Å². The summed E-state index contributed by atoms with van der Waals surface area (Å²) in [7, 11) is 2.21. The number of unbranched alkanes of at least 4 members (excludes halogenated alkanes) is 15. The predicted molar refractivity (Wildman–Crippen MR) is 140 cm³/mol. The summed E-state index contributed by atoms with van der Waals surface area (Å²) in [5.41, 5.74) is 0.714. The van der Waals surface area contributed by atoms with E-state index in [1.54, 1.807) is 0 Å². The van der Waals surface area contributed by atoms with Crippen LogP contribution in [0.1, 0.15) is 169 Å². The second kappa shape index (κ2) is 19.6. The van der Waals surface area contributed by atoms with Crippen molar-refractivity contribution in [3.05, 3.63) is 0 Å². The van der Waals surface area contributed by atoms with E-state index in [-0.39, 0.29) is 5.54 Å². The van der Waals surface area contributed by atoms with E-state index in [1.165, 1.54) is 135 Å². The fourth-order valence-electron chi connectivity index (χ4n) is 5.31. The molecular weight excluding hydrogens is 362 g/mol. The summed E-state index contributed by atoms with van der Waals surface area (Å²) in [5.74, 6) is 0. The van der Waals surface area contributed by atoms with E-state index >= 15 is 0 Å². The molecule has 0 fully saturated rings. The molecule has 1 N–H and O–H groups in total. The second-order valence-corrected chi connectivity index (χ2v) is 10.7. The highest BCUT2D eigenvalue weighted by Crippen LogP contribution is 2.46. The van der Waals surface area contributed by atoms with Crippen LogP contribution in [0.25, 0.3) is 0 Å². The molecule has 0 saturated heterocycles. The Hall–Kier alpha value is -0.0400. The molecule has 0 unspecified atom stereocenters. The van der Waals surface area contributed by atoms with Gasteiger partial charge in [0, 0.05) is 5.54 Å². The molecule has 0 amide bonds. The third kappa shape index (κ3) is 13.4. The summed E-state index contributed by atoms with van der Waals surface area (Å²) in [6.45, 7) is 12.0. The fraction of sp³-hybridized carbons (Fsp3) is 1.00. The molecule has 0 aliphatic rings. The number of hydrogen-bond acceptors (Lipinski definition) is 1. The molecule has 1 heteroatoms. The lowest BCUT2D eigenvalue weighted by molar-refractivity contribution is 0.0710. The summed E-state index contributed by atoms with van der Waals surface area (Å²) >= 11 is 0. The van der Waals surface area contributed by atoms with Crippen LogP contribution in [0.3, 0.4) is 0 Å². The van der Waals surface area contributed by atoms with E-state index < -0.39 is 0 Å². The third-order valence-corrected chi connectivity index (χ3v) is 7.98. The van der Waals surface area contributed by atoms with Gasteiger partial charge >= 0.3 is 0 Å². The molecule has 0 heterocycles. The minimum Gasteiger partial charge on any atom is -0.314 e. The van der Waals surface area contributed by atoms with Gasteiger partial charge in [-0.2, -0.15) is 0 Å². The average molecular weight is 424 g/mol. The molecule has 0 rings (SSSR count). The molecule has 0 atom stereocenters. The number of hydrogen-bond donors (Lipinski definition) is 1. The first-order chi connectivity index (χ1) is 14.5. The first-order valence-electron chi connectivity index (χ1n) is 14.2. The maximum absolute atomic E-state index is 3.77. The maximum atomic E-state index is 3.77. The molecule has 0 spiro atoms. The molecular formula is C29H61N. The molecule has 0 aromatic heterocycles. The van der Waals surface area contributed by atoms with Crippen molar-refractivity contribution in [1.29, 1.82) is 0 Å². The lowest BCUT2D eigenvalue weighted by atomic mass is 9.62. The minimum atomic E-state index is 0.239. The van der Waals surface area contributed by atoms with Crippen molar-refractivity contribution in [3.8, 4) is 0 Å². The van der Waals surface area contributed by atoms with Gasteiger partial charge in [-0.05, 0) is 45.6 Å². The standard InChI is InChI=1S/C29H61N/c1-7-10-13-16-19-22-25-29(28(4,5)30-6,26-23-20-17-14-11-8-2)27-24-21-18-15-12-9-3/h30H,7-27H2,1-6H3. The Morgan fingerprint density at radius 3 is 0.967 bits per heavy atom. The summed E-state index contributed by atoms with van der Waals surface area (Å²) in [6.07, 6.45) is 29.9. The Morgan fingerprint density at radius 2 is 0.700 bits per heavy atom. The zero-order chi connectivity index (χ0) is 22.6. The molecule has 0 aliphatic carbocycles. The zero-order valence-electron chi connectivity index (χ0n) is 22.3. The van der Waals surface area contributed by atoms with E-state index in [4.69, 9.17) is 0 Å². The smallest absolute Gasteiger partial charge is 0.0178 e. The van der Waals surface area contributed by atoms with Gasteiger partial charge in [-0.25, -0.2) is 0 Å². The number of rotatable bonds is 23. The van der Waals surface area contributed by atoms with Gasteiger partial charge in [0.2, 0.25) is 0 Å². The van der Waals surface area contributed by atoms with Crippen LogP contribution in [0.15, 0.2) is 0 Å². The quantitative estimate of drug-likeness (QED) is 0.161. The van der Waals surface area contributed by atoms with Gasteiger partial charge in [0.15, 0.2) is 0 Å². The highest BCUT2D eigenvalue weighted by molar-refractivity contribution is 4.98. The van der Waals surface area contributed by atoms with Crippen molar-refractivity contribution < 1.29 is 0 Å².